The molecule has 1 aromatic rings. The van der Waals surface area contributed by atoms with E-state index in [4.69, 9.17) is 12.2 Å². The maximum absolute atomic E-state index is 12.8. The molecule has 0 unspecified atom stereocenters. The minimum Gasteiger partial charge on any atom is -0.349 e. The van der Waals surface area contributed by atoms with Crippen molar-refractivity contribution in [3.8, 4) is 0 Å². The number of nitrogens with one attached hydrogen (secondary N) is 1. The van der Waals surface area contributed by atoms with E-state index in [1.807, 2.05) is 0 Å². The van der Waals surface area contributed by atoms with Crippen LogP contribution in [-0.2, 0) is 0 Å². The maximum Gasteiger partial charge on any atom is 0.173 e. The van der Waals surface area contributed by atoms with E-state index >= 15 is 0 Å². The fraction of sp³-hybridized carbons (Fsp3) is 0.462. The summed E-state index contributed by atoms with van der Waals surface area (Å²) in [6, 6.07) is 6.24. The lowest BCUT2D eigenvalue weighted by Gasteiger charge is -2.24. The molecule has 0 aliphatic carbocycles. The van der Waals surface area contributed by atoms with Gasteiger partial charge in [0.05, 0.1) is 0 Å². The van der Waals surface area contributed by atoms with Crippen LogP contribution >= 0.6 is 12.2 Å². The van der Waals surface area contributed by atoms with E-state index in [-0.39, 0.29) is 5.82 Å². The zero-order valence-corrected chi connectivity index (χ0v) is 11.2. The molecule has 2 nitrogen and oxygen atoms in total. The number of hydrogen-bond donors (Lipinski definition) is 1. The zero-order valence-electron chi connectivity index (χ0n) is 10.4. The van der Waals surface area contributed by atoms with E-state index in [1.165, 1.54) is 12.1 Å². The van der Waals surface area contributed by atoms with Crippen molar-refractivity contribution in [2.45, 2.75) is 26.7 Å². The van der Waals surface area contributed by atoms with E-state index < -0.39 is 0 Å². The number of nitrogens with zero attached hydrogens (tertiary/aromatic N) is 1. The van der Waals surface area contributed by atoms with Crippen LogP contribution in [0.3, 0.4) is 0 Å². The Morgan fingerprint density at radius 3 is 2.18 bits per heavy atom. The molecule has 0 aromatic heterocycles. The summed E-state index contributed by atoms with van der Waals surface area (Å²) >= 11 is 5.34. The molecular weight excluding hydrogens is 235 g/mol. The van der Waals surface area contributed by atoms with Crippen LogP contribution < -0.4 is 5.32 Å². The number of anilines is 1. The van der Waals surface area contributed by atoms with Crippen molar-refractivity contribution in [3.63, 3.8) is 0 Å². The zero-order chi connectivity index (χ0) is 12.7. The molecule has 1 aromatic carbocycles. The summed E-state index contributed by atoms with van der Waals surface area (Å²) in [5.74, 6) is -0.236. The molecule has 1 N–H and O–H groups in total. The molecule has 0 saturated heterocycles. The highest BCUT2D eigenvalue weighted by Gasteiger charge is 2.07. The lowest BCUT2D eigenvalue weighted by atomic mass is 10.3. The summed E-state index contributed by atoms with van der Waals surface area (Å²) in [4.78, 5) is 2.14. The molecule has 0 bridgehead atoms. The maximum atomic E-state index is 12.8. The van der Waals surface area contributed by atoms with Crippen LogP contribution in [0, 0.1) is 5.82 Å². The highest BCUT2D eigenvalue weighted by atomic mass is 32.1. The van der Waals surface area contributed by atoms with Crippen LogP contribution in [0.1, 0.15) is 26.7 Å². The Bertz CT molecular complexity index is 345. The van der Waals surface area contributed by atoms with Crippen molar-refractivity contribution in [1.29, 1.82) is 0 Å². The first kappa shape index (κ1) is 13.9. The van der Waals surface area contributed by atoms with Gasteiger partial charge in [-0.1, -0.05) is 13.8 Å². The van der Waals surface area contributed by atoms with Crippen LogP contribution in [0.15, 0.2) is 24.3 Å². The Balaban J connectivity index is 2.59. The van der Waals surface area contributed by atoms with Gasteiger partial charge in [0.1, 0.15) is 5.82 Å². The summed E-state index contributed by atoms with van der Waals surface area (Å²) in [5.41, 5.74) is 0.827. The normalized spacial score (nSPS) is 10.1. The Labute approximate surface area is 108 Å². The molecule has 1 rings (SSSR count). The molecular formula is C13H19FN2S. The first-order valence-corrected chi connectivity index (χ1v) is 6.39. The molecule has 94 valence electrons. The number of hydrogen-bond acceptors (Lipinski definition) is 1. The van der Waals surface area contributed by atoms with Crippen molar-refractivity contribution in [2.75, 3.05) is 18.4 Å². The third-order valence-corrected chi connectivity index (χ3v) is 2.73. The number of thiocarbonyl (C=S) groups is 1. The van der Waals surface area contributed by atoms with Gasteiger partial charge in [-0.15, -0.1) is 0 Å². The Kier molecular flexibility index (Phi) is 5.91. The minimum atomic E-state index is -0.236. The van der Waals surface area contributed by atoms with Crippen LogP contribution in [0.4, 0.5) is 10.1 Å². The predicted molar refractivity (Wildman–Crippen MR) is 74.8 cm³/mol. The summed E-state index contributed by atoms with van der Waals surface area (Å²) in [6.07, 6.45) is 2.12. The van der Waals surface area contributed by atoms with Gasteiger partial charge in [-0.05, 0) is 49.3 Å². The molecule has 0 radical (unpaired) electrons. The van der Waals surface area contributed by atoms with Crippen molar-refractivity contribution in [3.05, 3.63) is 30.1 Å². The van der Waals surface area contributed by atoms with Crippen LogP contribution in [0.25, 0.3) is 0 Å². The van der Waals surface area contributed by atoms with Gasteiger partial charge in [0.2, 0.25) is 0 Å². The van der Waals surface area contributed by atoms with Crippen molar-refractivity contribution >= 4 is 23.0 Å². The van der Waals surface area contributed by atoms with Crippen LogP contribution in [0.2, 0.25) is 0 Å². The topological polar surface area (TPSA) is 15.3 Å². The first-order valence-electron chi connectivity index (χ1n) is 5.98. The van der Waals surface area contributed by atoms with E-state index in [1.54, 1.807) is 12.1 Å². The molecule has 0 aliphatic rings. The number of halogens is 1. The van der Waals surface area contributed by atoms with Gasteiger partial charge >= 0.3 is 0 Å². The highest BCUT2D eigenvalue weighted by molar-refractivity contribution is 7.80. The first-order chi connectivity index (χ1) is 8.17. The smallest absolute Gasteiger partial charge is 0.173 e. The largest absolute Gasteiger partial charge is 0.349 e. The average Bonchev–Trinajstić information content (AvgIpc) is 2.32. The van der Waals surface area contributed by atoms with Gasteiger partial charge in [0.15, 0.2) is 5.11 Å². The Morgan fingerprint density at radius 1 is 1.18 bits per heavy atom. The fourth-order valence-electron chi connectivity index (χ4n) is 1.59. The molecule has 0 heterocycles. The van der Waals surface area contributed by atoms with E-state index in [2.05, 4.69) is 24.1 Å². The summed E-state index contributed by atoms with van der Waals surface area (Å²) in [6.45, 7) is 6.15. The average molecular weight is 254 g/mol. The standard InChI is InChI=1S/C13H19FN2S/c1-3-9-16(10-4-2)13(17)15-12-7-5-11(14)6-8-12/h5-8H,3-4,9-10H2,1-2H3,(H,15,17). The number of rotatable bonds is 5. The quantitative estimate of drug-likeness (QED) is 0.808. The fourth-order valence-corrected chi connectivity index (χ4v) is 1.89. The summed E-state index contributed by atoms with van der Waals surface area (Å²) in [7, 11) is 0. The molecule has 0 amide bonds. The second-order valence-corrected chi connectivity index (χ2v) is 4.31. The van der Waals surface area contributed by atoms with Crippen molar-refractivity contribution in [2.24, 2.45) is 0 Å². The third kappa shape index (κ3) is 4.69. The molecule has 17 heavy (non-hydrogen) atoms. The predicted octanol–water partition coefficient (Wildman–Crippen LogP) is 3.64. The number of benzene rings is 1. The van der Waals surface area contributed by atoms with E-state index in [9.17, 15) is 4.39 Å². The SMILES string of the molecule is CCCN(CCC)C(=S)Nc1ccc(F)cc1. The minimum absolute atomic E-state index is 0.236. The molecule has 0 spiro atoms. The third-order valence-electron chi connectivity index (χ3n) is 2.37. The van der Waals surface area contributed by atoms with Gasteiger partial charge in [-0.3, -0.25) is 0 Å². The van der Waals surface area contributed by atoms with Crippen LogP contribution in [0.5, 0.6) is 0 Å². The monoisotopic (exact) mass is 254 g/mol. The molecule has 0 aliphatic heterocycles. The van der Waals surface area contributed by atoms with Gasteiger partial charge in [0, 0.05) is 18.8 Å². The van der Waals surface area contributed by atoms with Gasteiger partial charge in [-0.25, -0.2) is 4.39 Å². The van der Waals surface area contributed by atoms with Gasteiger partial charge < -0.3 is 10.2 Å². The second-order valence-electron chi connectivity index (χ2n) is 3.92. The van der Waals surface area contributed by atoms with Crippen molar-refractivity contribution in [1.82, 2.24) is 4.90 Å². The Hall–Kier alpha value is -1.16. The molecule has 0 atom stereocenters. The van der Waals surface area contributed by atoms with Gasteiger partial charge in [0.25, 0.3) is 0 Å². The molecule has 4 heteroatoms. The van der Waals surface area contributed by atoms with Crippen LogP contribution in [-0.4, -0.2) is 23.1 Å². The summed E-state index contributed by atoms with van der Waals surface area (Å²) < 4.78 is 12.8. The van der Waals surface area contributed by atoms with E-state index in [0.717, 1.165) is 31.6 Å². The van der Waals surface area contributed by atoms with E-state index in [0.29, 0.717) is 5.11 Å². The van der Waals surface area contributed by atoms with Crippen molar-refractivity contribution < 1.29 is 4.39 Å². The highest BCUT2D eigenvalue weighted by Crippen LogP contribution is 2.09. The molecule has 0 saturated carbocycles. The molecule has 0 fully saturated rings. The Morgan fingerprint density at radius 2 is 1.71 bits per heavy atom. The summed E-state index contributed by atoms with van der Waals surface area (Å²) in [5, 5.41) is 3.84. The second kappa shape index (κ2) is 7.22. The lowest BCUT2D eigenvalue weighted by Crippen LogP contribution is -2.35. The lowest BCUT2D eigenvalue weighted by molar-refractivity contribution is 0.423. The van der Waals surface area contributed by atoms with Gasteiger partial charge in [-0.2, -0.15) is 0 Å².